The second kappa shape index (κ2) is 6.44. The number of hydrogen-bond acceptors (Lipinski definition) is 4. The van der Waals surface area contributed by atoms with Crippen molar-refractivity contribution in [2.45, 2.75) is 33.2 Å². The maximum atomic E-state index is 4.71. The summed E-state index contributed by atoms with van der Waals surface area (Å²) in [5.74, 6) is 1.19. The molecule has 1 N–H and O–H groups in total. The third-order valence-corrected chi connectivity index (χ3v) is 6.54. The Labute approximate surface area is 126 Å². The summed E-state index contributed by atoms with van der Waals surface area (Å²) < 4.78 is 1.19. The highest BCUT2D eigenvalue weighted by Crippen LogP contribution is 2.34. The molecule has 0 atom stereocenters. The zero-order valence-corrected chi connectivity index (χ0v) is 14.1. The summed E-state index contributed by atoms with van der Waals surface area (Å²) in [6.45, 7) is 6.42. The van der Waals surface area contributed by atoms with Gasteiger partial charge in [0, 0.05) is 17.2 Å². The van der Waals surface area contributed by atoms with E-state index in [4.69, 9.17) is 4.99 Å². The Morgan fingerprint density at radius 2 is 2.17 bits per heavy atom. The van der Waals surface area contributed by atoms with Crippen molar-refractivity contribution in [1.29, 1.82) is 0 Å². The van der Waals surface area contributed by atoms with Crippen LogP contribution in [-0.2, 0) is 6.54 Å². The molecule has 5 heteroatoms. The van der Waals surface area contributed by atoms with E-state index in [-0.39, 0.29) is 0 Å². The van der Waals surface area contributed by atoms with Gasteiger partial charge in [-0.1, -0.05) is 25.6 Å². The van der Waals surface area contributed by atoms with Crippen LogP contribution in [0.5, 0.6) is 0 Å². The van der Waals surface area contributed by atoms with Crippen molar-refractivity contribution >= 4 is 44.2 Å². The molecule has 0 aliphatic carbocycles. The molecular formula is C13H19BrN2S2. The average molecular weight is 347 g/mol. The van der Waals surface area contributed by atoms with Crippen molar-refractivity contribution in [3.63, 3.8) is 0 Å². The van der Waals surface area contributed by atoms with Gasteiger partial charge in [0.25, 0.3) is 0 Å². The van der Waals surface area contributed by atoms with E-state index in [1.165, 1.54) is 27.3 Å². The van der Waals surface area contributed by atoms with Gasteiger partial charge < -0.3 is 5.32 Å². The molecule has 0 saturated heterocycles. The molecule has 0 fully saturated rings. The van der Waals surface area contributed by atoms with Crippen LogP contribution in [-0.4, -0.2) is 17.5 Å². The number of thiophene rings is 1. The number of rotatable bonds is 4. The molecule has 0 radical (unpaired) electrons. The molecule has 0 aromatic carbocycles. The second-order valence-electron chi connectivity index (χ2n) is 4.68. The van der Waals surface area contributed by atoms with Crippen LogP contribution >= 0.6 is 39.0 Å². The van der Waals surface area contributed by atoms with Crippen LogP contribution in [0.25, 0.3) is 0 Å². The van der Waals surface area contributed by atoms with Crippen molar-refractivity contribution in [2.75, 3.05) is 12.3 Å². The van der Waals surface area contributed by atoms with Crippen molar-refractivity contribution in [3.8, 4) is 0 Å². The predicted octanol–water partition coefficient (Wildman–Crippen LogP) is 4.51. The minimum atomic E-state index is 0.432. The minimum Gasteiger partial charge on any atom is -0.360 e. The van der Waals surface area contributed by atoms with Crippen molar-refractivity contribution in [2.24, 2.45) is 10.4 Å². The number of thioether (sulfide) groups is 1. The summed E-state index contributed by atoms with van der Waals surface area (Å²) >= 11 is 7.14. The van der Waals surface area contributed by atoms with E-state index in [0.29, 0.717) is 5.41 Å². The Kier molecular flexibility index (Phi) is 5.15. The van der Waals surface area contributed by atoms with Gasteiger partial charge in [-0.3, -0.25) is 4.99 Å². The Balaban J connectivity index is 1.87. The third kappa shape index (κ3) is 3.52. The third-order valence-electron chi connectivity index (χ3n) is 3.62. The SMILES string of the molecule is CCC1(CC)CN=C(NCc2ccc(Br)s2)SC1. The van der Waals surface area contributed by atoms with Crippen molar-refractivity contribution < 1.29 is 0 Å². The molecule has 1 aliphatic heterocycles. The highest BCUT2D eigenvalue weighted by atomic mass is 79.9. The zero-order valence-electron chi connectivity index (χ0n) is 10.8. The topological polar surface area (TPSA) is 24.4 Å². The first-order valence-electron chi connectivity index (χ1n) is 6.33. The molecule has 0 amide bonds. The van der Waals surface area contributed by atoms with Crippen LogP contribution in [0.2, 0.25) is 0 Å². The standard InChI is InChI=1S/C13H19BrN2S2/c1-3-13(4-2)8-16-12(17-9-13)15-7-10-5-6-11(14)18-10/h5-6H,3-4,7-9H2,1-2H3,(H,15,16). The van der Waals surface area contributed by atoms with E-state index >= 15 is 0 Å². The molecule has 2 rings (SSSR count). The number of aliphatic imine (C=N–C) groups is 1. The van der Waals surface area contributed by atoms with Gasteiger partial charge in [0.2, 0.25) is 0 Å². The first kappa shape index (κ1) is 14.4. The monoisotopic (exact) mass is 346 g/mol. The van der Waals surface area contributed by atoms with Gasteiger partial charge in [-0.25, -0.2) is 0 Å². The summed E-state index contributed by atoms with van der Waals surface area (Å²) in [7, 11) is 0. The highest BCUT2D eigenvalue weighted by Gasteiger charge is 2.29. The number of nitrogens with zero attached hydrogens (tertiary/aromatic N) is 1. The Morgan fingerprint density at radius 1 is 1.39 bits per heavy atom. The first-order valence-corrected chi connectivity index (χ1v) is 8.92. The number of hydrogen-bond donors (Lipinski definition) is 1. The molecule has 0 spiro atoms. The molecule has 2 nitrogen and oxygen atoms in total. The summed E-state index contributed by atoms with van der Waals surface area (Å²) in [5.41, 5.74) is 0.432. The van der Waals surface area contributed by atoms with Crippen LogP contribution in [0.4, 0.5) is 0 Å². The van der Waals surface area contributed by atoms with E-state index in [2.05, 4.69) is 47.2 Å². The van der Waals surface area contributed by atoms with Gasteiger partial charge in [-0.2, -0.15) is 0 Å². The molecular weight excluding hydrogens is 328 g/mol. The predicted molar refractivity (Wildman–Crippen MR) is 86.6 cm³/mol. The van der Waals surface area contributed by atoms with Crippen LogP contribution in [0.1, 0.15) is 31.6 Å². The molecule has 18 heavy (non-hydrogen) atoms. The van der Waals surface area contributed by atoms with E-state index in [1.54, 1.807) is 11.3 Å². The smallest absolute Gasteiger partial charge is 0.156 e. The molecule has 100 valence electrons. The molecule has 2 heterocycles. The molecule has 1 aliphatic rings. The molecule has 1 aromatic heterocycles. The fraction of sp³-hybridized carbons (Fsp3) is 0.615. The van der Waals surface area contributed by atoms with Crippen molar-refractivity contribution in [1.82, 2.24) is 5.32 Å². The summed E-state index contributed by atoms with van der Waals surface area (Å²) in [5, 5.41) is 4.55. The lowest BCUT2D eigenvalue weighted by Gasteiger charge is -2.33. The Bertz CT molecular complexity index is 424. The number of nitrogens with one attached hydrogen (secondary N) is 1. The van der Waals surface area contributed by atoms with Crippen LogP contribution < -0.4 is 5.32 Å². The summed E-state index contributed by atoms with van der Waals surface area (Å²) in [6.07, 6.45) is 2.45. The van der Waals surface area contributed by atoms with Crippen LogP contribution in [0.3, 0.4) is 0 Å². The van der Waals surface area contributed by atoms with Crippen LogP contribution in [0.15, 0.2) is 20.9 Å². The van der Waals surface area contributed by atoms with Gasteiger partial charge in [0.1, 0.15) is 0 Å². The normalized spacial score (nSPS) is 18.5. The van der Waals surface area contributed by atoms with Gasteiger partial charge in [0.05, 0.1) is 10.3 Å². The van der Waals surface area contributed by atoms with Crippen LogP contribution in [0, 0.1) is 5.41 Å². The fourth-order valence-electron chi connectivity index (χ4n) is 1.95. The quantitative estimate of drug-likeness (QED) is 0.867. The maximum Gasteiger partial charge on any atom is 0.156 e. The molecule has 1 aromatic rings. The minimum absolute atomic E-state index is 0.432. The fourth-order valence-corrected chi connectivity index (χ4v) is 4.64. The zero-order chi connectivity index (χ0) is 13.0. The Morgan fingerprint density at radius 3 is 2.67 bits per heavy atom. The van der Waals surface area contributed by atoms with E-state index in [1.807, 2.05) is 11.8 Å². The lowest BCUT2D eigenvalue weighted by Crippen LogP contribution is -2.34. The van der Waals surface area contributed by atoms with E-state index in [0.717, 1.165) is 18.3 Å². The molecule has 0 bridgehead atoms. The van der Waals surface area contributed by atoms with E-state index in [9.17, 15) is 0 Å². The van der Waals surface area contributed by atoms with Gasteiger partial charge in [-0.05, 0) is 46.3 Å². The first-order chi connectivity index (χ1) is 8.67. The second-order valence-corrected chi connectivity index (χ2v) is 8.19. The Hall–Kier alpha value is -0.000000000000000111. The largest absolute Gasteiger partial charge is 0.360 e. The van der Waals surface area contributed by atoms with Gasteiger partial charge in [-0.15, -0.1) is 11.3 Å². The highest BCUT2D eigenvalue weighted by molar-refractivity contribution is 9.11. The molecule has 0 unspecified atom stereocenters. The summed E-state index contributed by atoms with van der Waals surface area (Å²) in [4.78, 5) is 6.05. The average Bonchev–Trinajstić information content (AvgIpc) is 2.83. The lowest BCUT2D eigenvalue weighted by atomic mass is 9.84. The van der Waals surface area contributed by atoms with Gasteiger partial charge in [0.15, 0.2) is 5.17 Å². The molecule has 0 saturated carbocycles. The number of halogens is 1. The summed E-state index contributed by atoms with van der Waals surface area (Å²) in [6, 6.07) is 4.24. The van der Waals surface area contributed by atoms with Crippen molar-refractivity contribution in [3.05, 3.63) is 20.8 Å². The maximum absolute atomic E-state index is 4.71. The lowest BCUT2D eigenvalue weighted by molar-refractivity contribution is 0.318. The van der Waals surface area contributed by atoms with E-state index < -0.39 is 0 Å². The number of amidine groups is 1. The van der Waals surface area contributed by atoms with Gasteiger partial charge >= 0.3 is 0 Å².